The summed E-state index contributed by atoms with van der Waals surface area (Å²) in [6.07, 6.45) is 5.10. The number of carbonyl (C=O) groups excluding carboxylic acids is 2. The molecule has 0 unspecified atom stereocenters. The van der Waals surface area contributed by atoms with Crippen LogP contribution in [0.3, 0.4) is 0 Å². The second-order valence-corrected chi connectivity index (χ2v) is 7.38. The van der Waals surface area contributed by atoms with Crippen LogP contribution < -0.4 is 20.1 Å². The van der Waals surface area contributed by atoms with Crippen molar-refractivity contribution in [1.29, 1.82) is 0 Å². The zero-order chi connectivity index (χ0) is 22.2. The smallest absolute Gasteiger partial charge is 0.253 e. The van der Waals surface area contributed by atoms with E-state index in [-0.39, 0.29) is 16.9 Å². The number of benzene rings is 2. The average molecular weight is 440 g/mol. The van der Waals surface area contributed by atoms with E-state index in [4.69, 9.17) is 21.7 Å². The van der Waals surface area contributed by atoms with Crippen LogP contribution in [0.5, 0.6) is 11.5 Å². The first-order valence-corrected chi connectivity index (χ1v) is 10.3. The largest absolute Gasteiger partial charge is 0.493 e. The van der Waals surface area contributed by atoms with E-state index in [0.29, 0.717) is 22.7 Å². The summed E-state index contributed by atoms with van der Waals surface area (Å²) < 4.78 is 10.5. The molecule has 3 rings (SSSR count). The molecule has 2 amide bonds. The number of methoxy groups -OCH3 is 2. The highest BCUT2D eigenvalue weighted by Crippen LogP contribution is 2.27. The van der Waals surface area contributed by atoms with Crippen molar-refractivity contribution in [2.75, 3.05) is 32.6 Å². The van der Waals surface area contributed by atoms with Gasteiger partial charge < -0.3 is 19.7 Å². The van der Waals surface area contributed by atoms with Crippen molar-refractivity contribution in [2.24, 2.45) is 0 Å². The summed E-state index contributed by atoms with van der Waals surface area (Å²) in [5, 5.41) is 5.69. The van der Waals surface area contributed by atoms with Gasteiger partial charge in [0.1, 0.15) is 0 Å². The molecular formula is C23H25N3O4S. The molecule has 0 aliphatic carbocycles. The molecule has 0 atom stereocenters. The second kappa shape index (κ2) is 10.6. The summed E-state index contributed by atoms with van der Waals surface area (Å²) in [5.74, 6) is 0.816. The van der Waals surface area contributed by atoms with E-state index < -0.39 is 0 Å². The second-order valence-electron chi connectivity index (χ2n) is 6.97. The van der Waals surface area contributed by atoms with Crippen LogP contribution in [0.25, 0.3) is 6.08 Å². The highest BCUT2D eigenvalue weighted by Gasteiger charge is 2.19. The standard InChI is InChI=1S/C23H25N3O4S/c1-29-19-10-8-16(14-20(19)30-2)9-11-21(27)25-23(31)24-18-7-5-6-17(15-18)22(28)26-12-3-4-13-26/h5-11,14-15H,3-4,12-13H2,1-2H3,(H2,24,25,27,31)/b11-9+. The number of likely N-dealkylation sites (tertiary alicyclic amines) is 1. The van der Waals surface area contributed by atoms with Gasteiger partial charge in [-0.25, -0.2) is 0 Å². The first kappa shape index (κ1) is 22.3. The summed E-state index contributed by atoms with van der Waals surface area (Å²) in [7, 11) is 3.11. The van der Waals surface area contributed by atoms with Crippen molar-refractivity contribution >= 4 is 40.9 Å². The minimum Gasteiger partial charge on any atom is -0.493 e. The zero-order valence-electron chi connectivity index (χ0n) is 17.5. The van der Waals surface area contributed by atoms with E-state index in [1.807, 2.05) is 11.0 Å². The Hall–Kier alpha value is -3.39. The van der Waals surface area contributed by atoms with Gasteiger partial charge in [-0.05, 0) is 67.0 Å². The van der Waals surface area contributed by atoms with E-state index in [0.717, 1.165) is 31.5 Å². The molecule has 2 N–H and O–H groups in total. The molecule has 8 heteroatoms. The lowest BCUT2D eigenvalue weighted by Gasteiger charge is -2.16. The molecule has 2 aromatic carbocycles. The number of anilines is 1. The number of nitrogens with zero attached hydrogens (tertiary/aromatic N) is 1. The molecule has 0 spiro atoms. The van der Waals surface area contributed by atoms with Gasteiger partial charge in [0.25, 0.3) is 5.91 Å². The molecule has 0 bridgehead atoms. The maximum Gasteiger partial charge on any atom is 0.253 e. The van der Waals surface area contributed by atoms with Gasteiger partial charge in [0.2, 0.25) is 5.91 Å². The Balaban J connectivity index is 1.57. The van der Waals surface area contributed by atoms with Gasteiger partial charge in [-0.15, -0.1) is 0 Å². The first-order chi connectivity index (χ1) is 15.0. The van der Waals surface area contributed by atoms with Crippen LogP contribution in [0.15, 0.2) is 48.5 Å². The van der Waals surface area contributed by atoms with Crippen molar-refractivity contribution in [2.45, 2.75) is 12.8 Å². The molecule has 1 aliphatic rings. The number of hydrogen-bond donors (Lipinski definition) is 2. The van der Waals surface area contributed by atoms with Crippen LogP contribution in [0.2, 0.25) is 0 Å². The first-order valence-electron chi connectivity index (χ1n) is 9.91. The molecule has 7 nitrogen and oxygen atoms in total. The van der Waals surface area contributed by atoms with Crippen molar-refractivity contribution in [1.82, 2.24) is 10.2 Å². The molecule has 2 aromatic rings. The lowest BCUT2D eigenvalue weighted by atomic mass is 10.2. The molecule has 31 heavy (non-hydrogen) atoms. The predicted molar refractivity (Wildman–Crippen MR) is 125 cm³/mol. The normalized spacial score (nSPS) is 13.2. The number of carbonyl (C=O) groups is 2. The Morgan fingerprint density at radius 2 is 1.77 bits per heavy atom. The SMILES string of the molecule is COc1ccc(/C=C/C(=O)NC(=S)Nc2cccc(C(=O)N3CCCC3)c2)cc1OC. The number of amides is 2. The lowest BCUT2D eigenvalue weighted by Crippen LogP contribution is -2.33. The van der Waals surface area contributed by atoms with Gasteiger partial charge in [0.05, 0.1) is 14.2 Å². The van der Waals surface area contributed by atoms with E-state index in [1.165, 1.54) is 6.08 Å². The van der Waals surface area contributed by atoms with Crippen LogP contribution in [0, 0.1) is 0 Å². The number of nitrogens with one attached hydrogen (secondary N) is 2. The van der Waals surface area contributed by atoms with E-state index in [9.17, 15) is 9.59 Å². The van der Waals surface area contributed by atoms with E-state index >= 15 is 0 Å². The fraction of sp³-hybridized carbons (Fsp3) is 0.261. The number of ether oxygens (including phenoxy) is 2. The van der Waals surface area contributed by atoms with E-state index in [2.05, 4.69) is 10.6 Å². The predicted octanol–water partition coefficient (Wildman–Crippen LogP) is 3.47. The highest BCUT2D eigenvalue weighted by atomic mass is 32.1. The summed E-state index contributed by atoms with van der Waals surface area (Å²) in [6, 6.07) is 12.4. The van der Waals surface area contributed by atoms with Crippen LogP contribution in [0.4, 0.5) is 5.69 Å². The third-order valence-corrected chi connectivity index (χ3v) is 5.04. The molecule has 162 valence electrons. The minimum absolute atomic E-state index is 0.00829. The maximum absolute atomic E-state index is 12.5. The fourth-order valence-electron chi connectivity index (χ4n) is 3.28. The molecular weight excluding hydrogens is 414 g/mol. The van der Waals surface area contributed by atoms with Gasteiger partial charge in [-0.2, -0.15) is 0 Å². The number of hydrogen-bond acceptors (Lipinski definition) is 5. The minimum atomic E-state index is -0.378. The van der Waals surface area contributed by atoms with Gasteiger partial charge in [-0.1, -0.05) is 12.1 Å². The number of thiocarbonyl (C=S) groups is 1. The molecule has 0 saturated carbocycles. The van der Waals surface area contributed by atoms with Crippen LogP contribution in [0.1, 0.15) is 28.8 Å². The molecule has 1 saturated heterocycles. The maximum atomic E-state index is 12.5. The Morgan fingerprint density at radius 1 is 1.03 bits per heavy atom. The van der Waals surface area contributed by atoms with Crippen LogP contribution in [-0.2, 0) is 4.79 Å². The van der Waals surface area contributed by atoms with E-state index in [1.54, 1.807) is 56.7 Å². The number of rotatable bonds is 6. The van der Waals surface area contributed by atoms with Crippen molar-refractivity contribution < 1.29 is 19.1 Å². The van der Waals surface area contributed by atoms with Gasteiger partial charge >= 0.3 is 0 Å². The van der Waals surface area contributed by atoms with Crippen molar-refractivity contribution in [3.8, 4) is 11.5 Å². The van der Waals surface area contributed by atoms with Crippen molar-refractivity contribution in [3.63, 3.8) is 0 Å². The van der Waals surface area contributed by atoms with Gasteiger partial charge in [0.15, 0.2) is 16.6 Å². The molecule has 1 heterocycles. The third kappa shape index (κ3) is 6.05. The molecule has 0 aromatic heterocycles. The molecule has 0 radical (unpaired) electrons. The third-order valence-electron chi connectivity index (χ3n) is 4.83. The summed E-state index contributed by atoms with van der Waals surface area (Å²) in [6.45, 7) is 1.58. The Morgan fingerprint density at radius 3 is 2.48 bits per heavy atom. The van der Waals surface area contributed by atoms with Crippen LogP contribution in [-0.4, -0.2) is 49.1 Å². The zero-order valence-corrected chi connectivity index (χ0v) is 18.3. The summed E-state index contributed by atoms with van der Waals surface area (Å²) in [5.41, 5.74) is 2.01. The molecule has 1 fully saturated rings. The summed E-state index contributed by atoms with van der Waals surface area (Å²) >= 11 is 5.22. The fourth-order valence-corrected chi connectivity index (χ4v) is 3.50. The van der Waals surface area contributed by atoms with Crippen molar-refractivity contribution in [3.05, 3.63) is 59.7 Å². The molecule has 1 aliphatic heterocycles. The Kier molecular flexibility index (Phi) is 7.61. The van der Waals surface area contributed by atoms with Gasteiger partial charge in [-0.3, -0.25) is 14.9 Å². The average Bonchev–Trinajstić information content (AvgIpc) is 3.32. The Labute approximate surface area is 187 Å². The summed E-state index contributed by atoms with van der Waals surface area (Å²) in [4.78, 5) is 26.6. The quantitative estimate of drug-likeness (QED) is 0.530. The topological polar surface area (TPSA) is 79.9 Å². The van der Waals surface area contributed by atoms with Gasteiger partial charge in [0, 0.05) is 30.4 Å². The monoisotopic (exact) mass is 439 g/mol. The van der Waals surface area contributed by atoms with Crippen LogP contribution >= 0.6 is 12.2 Å². The Bertz CT molecular complexity index is 1000. The lowest BCUT2D eigenvalue weighted by molar-refractivity contribution is -0.115. The highest BCUT2D eigenvalue weighted by molar-refractivity contribution is 7.80.